The van der Waals surface area contributed by atoms with E-state index in [-0.39, 0.29) is 18.0 Å². The molecule has 1 heterocycles. The molecule has 0 radical (unpaired) electrons. The van der Waals surface area contributed by atoms with E-state index in [0.29, 0.717) is 29.8 Å². The average Bonchev–Trinajstić information content (AvgIpc) is 2.94. The Morgan fingerprint density at radius 2 is 1.85 bits per heavy atom. The first-order chi connectivity index (χ1) is 12.8. The van der Waals surface area contributed by atoms with Gasteiger partial charge in [-0.2, -0.15) is 0 Å². The van der Waals surface area contributed by atoms with Gasteiger partial charge in [0, 0.05) is 11.3 Å². The van der Waals surface area contributed by atoms with Crippen molar-refractivity contribution in [3.8, 4) is 5.75 Å². The van der Waals surface area contributed by atoms with E-state index in [1.54, 1.807) is 7.11 Å². The zero-order valence-electron chi connectivity index (χ0n) is 16.5. The minimum absolute atomic E-state index is 0.117. The topological polar surface area (TPSA) is 64.6 Å². The Balaban J connectivity index is 2.08. The highest BCUT2D eigenvalue weighted by molar-refractivity contribution is 7.16. The van der Waals surface area contributed by atoms with Gasteiger partial charge in [0.2, 0.25) is 5.91 Å². The van der Waals surface area contributed by atoms with E-state index in [1.165, 1.54) is 11.3 Å². The molecule has 0 unspecified atom stereocenters. The molecule has 1 N–H and O–H groups in total. The number of anilines is 1. The van der Waals surface area contributed by atoms with E-state index < -0.39 is 0 Å². The number of nitrogens with one attached hydrogen (secondary N) is 1. The number of ether oxygens (including phenoxy) is 2. The first-order valence-electron chi connectivity index (χ1n) is 9.11. The maximum Gasteiger partial charge on any atom is 0.341 e. The zero-order chi connectivity index (χ0) is 20.0. The van der Waals surface area contributed by atoms with Gasteiger partial charge in [0.25, 0.3) is 0 Å². The molecule has 0 aliphatic heterocycles. The molecule has 1 amide bonds. The highest BCUT2D eigenvalue weighted by atomic mass is 32.1. The molecular formula is C21H27NO4S. The average molecular weight is 390 g/mol. The van der Waals surface area contributed by atoms with Gasteiger partial charge in [-0.3, -0.25) is 4.79 Å². The Bertz CT molecular complexity index is 793. The Morgan fingerprint density at radius 1 is 1.19 bits per heavy atom. The third-order valence-corrected chi connectivity index (χ3v) is 5.23. The molecule has 146 valence electrons. The molecule has 0 aliphatic rings. The lowest BCUT2D eigenvalue weighted by atomic mass is 10.1. The second kappa shape index (κ2) is 9.55. The fourth-order valence-corrected chi connectivity index (χ4v) is 3.97. The number of methoxy groups -OCH3 is 1. The Morgan fingerprint density at radius 3 is 2.41 bits per heavy atom. The molecule has 6 heteroatoms. The summed E-state index contributed by atoms with van der Waals surface area (Å²) in [5.41, 5.74) is 2.49. The van der Waals surface area contributed by atoms with Gasteiger partial charge >= 0.3 is 5.97 Å². The first-order valence-corrected chi connectivity index (χ1v) is 9.93. The Hall–Kier alpha value is -2.34. The van der Waals surface area contributed by atoms with Crippen molar-refractivity contribution in [2.75, 3.05) is 12.4 Å². The number of carbonyl (C=O) groups is 2. The molecule has 5 nitrogen and oxygen atoms in total. The Kier molecular flexibility index (Phi) is 7.42. The van der Waals surface area contributed by atoms with E-state index in [0.717, 1.165) is 21.8 Å². The summed E-state index contributed by atoms with van der Waals surface area (Å²) in [5.74, 6) is 0.294. The fourth-order valence-electron chi connectivity index (χ4n) is 2.82. The number of hydrogen-bond donors (Lipinski definition) is 1. The van der Waals surface area contributed by atoms with Crippen LogP contribution in [0.5, 0.6) is 5.75 Å². The summed E-state index contributed by atoms with van der Waals surface area (Å²) in [4.78, 5) is 26.0. The molecule has 1 aromatic carbocycles. The predicted octanol–water partition coefficient (Wildman–Crippen LogP) is 4.76. The van der Waals surface area contributed by atoms with Crippen molar-refractivity contribution in [2.24, 2.45) is 0 Å². The summed E-state index contributed by atoms with van der Waals surface area (Å²) in [6.07, 6.45) is 1.46. The lowest BCUT2D eigenvalue weighted by molar-refractivity contribution is -0.116. The second-order valence-corrected chi connectivity index (χ2v) is 7.77. The molecule has 0 bridgehead atoms. The van der Waals surface area contributed by atoms with E-state index in [9.17, 15) is 9.59 Å². The smallest absolute Gasteiger partial charge is 0.341 e. The molecule has 0 fully saturated rings. The van der Waals surface area contributed by atoms with Crippen LogP contribution in [-0.2, 0) is 22.4 Å². The normalized spacial score (nSPS) is 10.7. The number of rotatable bonds is 8. The van der Waals surface area contributed by atoms with Crippen LogP contribution in [0.1, 0.15) is 53.6 Å². The number of hydrogen-bond acceptors (Lipinski definition) is 5. The molecule has 2 aromatic rings. The van der Waals surface area contributed by atoms with Crippen LogP contribution in [0.25, 0.3) is 0 Å². The van der Waals surface area contributed by atoms with Crippen LogP contribution in [0.3, 0.4) is 0 Å². The molecular weight excluding hydrogens is 362 g/mol. The summed E-state index contributed by atoms with van der Waals surface area (Å²) in [6, 6.07) is 7.65. The third kappa shape index (κ3) is 5.57. The number of esters is 1. The molecule has 0 spiro atoms. The van der Waals surface area contributed by atoms with Crippen LogP contribution in [0, 0.1) is 6.92 Å². The highest BCUT2D eigenvalue weighted by Gasteiger charge is 2.24. The van der Waals surface area contributed by atoms with Gasteiger partial charge in [-0.05, 0) is 56.9 Å². The maximum absolute atomic E-state index is 12.5. The minimum Gasteiger partial charge on any atom is -0.497 e. The van der Waals surface area contributed by atoms with Crippen LogP contribution < -0.4 is 10.1 Å². The van der Waals surface area contributed by atoms with Gasteiger partial charge in [-0.1, -0.05) is 19.1 Å². The van der Waals surface area contributed by atoms with Gasteiger partial charge in [0.15, 0.2) is 0 Å². The van der Waals surface area contributed by atoms with Gasteiger partial charge < -0.3 is 14.8 Å². The van der Waals surface area contributed by atoms with Gasteiger partial charge in [-0.25, -0.2) is 4.79 Å². The van der Waals surface area contributed by atoms with Crippen molar-refractivity contribution in [1.82, 2.24) is 0 Å². The van der Waals surface area contributed by atoms with Crippen LogP contribution in [0.15, 0.2) is 24.3 Å². The standard InChI is InChI=1S/C21H27NO4S/c1-6-17-14(4)27-20(19(17)21(24)26-13(2)3)22-18(23)12-9-15-7-10-16(25-5)11-8-15/h7-8,10-11,13H,6,9,12H2,1-5H3,(H,22,23). The van der Waals surface area contributed by atoms with Crippen LogP contribution in [-0.4, -0.2) is 25.1 Å². The molecule has 0 atom stereocenters. The summed E-state index contributed by atoms with van der Waals surface area (Å²) in [6.45, 7) is 7.59. The van der Waals surface area contributed by atoms with E-state index in [2.05, 4.69) is 5.32 Å². The molecule has 2 rings (SSSR count). The van der Waals surface area contributed by atoms with Crippen molar-refractivity contribution < 1.29 is 19.1 Å². The number of thiophene rings is 1. The summed E-state index contributed by atoms with van der Waals surface area (Å²) < 4.78 is 10.5. The van der Waals surface area contributed by atoms with Crippen LogP contribution in [0.2, 0.25) is 0 Å². The Labute approximate surface area is 164 Å². The van der Waals surface area contributed by atoms with E-state index >= 15 is 0 Å². The van der Waals surface area contributed by atoms with Crippen LogP contribution >= 0.6 is 11.3 Å². The van der Waals surface area contributed by atoms with Crippen LogP contribution in [0.4, 0.5) is 5.00 Å². The number of carbonyl (C=O) groups excluding carboxylic acids is 2. The fraction of sp³-hybridized carbons (Fsp3) is 0.429. The first kappa shape index (κ1) is 21.0. The van der Waals surface area contributed by atoms with Gasteiger partial charge in [-0.15, -0.1) is 11.3 Å². The monoisotopic (exact) mass is 389 g/mol. The highest BCUT2D eigenvalue weighted by Crippen LogP contribution is 2.34. The zero-order valence-corrected chi connectivity index (χ0v) is 17.4. The third-order valence-electron chi connectivity index (χ3n) is 4.16. The molecule has 0 saturated heterocycles. The van der Waals surface area contributed by atoms with Crippen molar-refractivity contribution in [1.29, 1.82) is 0 Å². The summed E-state index contributed by atoms with van der Waals surface area (Å²) in [7, 11) is 1.62. The predicted molar refractivity (Wildman–Crippen MR) is 109 cm³/mol. The summed E-state index contributed by atoms with van der Waals surface area (Å²) >= 11 is 1.43. The lowest BCUT2D eigenvalue weighted by Crippen LogP contribution is -2.17. The van der Waals surface area contributed by atoms with Crippen molar-refractivity contribution in [3.63, 3.8) is 0 Å². The number of aryl methyl sites for hydroxylation is 2. The number of benzene rings is 1. The molecule has 1 aromatic heterocycles. The van der Waals surface area contributed by atoms with Gasteiger partial charge in [0.1, 0.15) is 10.8 Å². The van der Waals surface area contributed by atoms with E-state index in [4.69, 9.17) is 9.47 Å². The molecule has 0 saturated carbocycles. The quantitative estimate of drug-likeness (QED) is 0.661. The van der Waals surface area contributed by atoms with Gasteiger partial charge in [0.05, 0.1) is 18.8 Å². The molecule has 27 heavy (non-hydrogen) atoms. The van der Waals surface area contributed by atoms with Crippen molar-refractivity contribution in [3.05, 3.63) is 45.8 Å². The largest absolute Gasteiger partial charge is 0.497 e. The SMILES string of the molecule is CCc1c(C)sc(NC(=O)CCc2ccc(OC)cc2)c1C(=O)OC(C)C. The molecule has 0 aliphatic carbocycles. The second-order valence-electron chi connectivity index (χ2n) is 6.54. The van der Waals surface area contributed by atoms with Crippen molar-refractivity contribution in [2.45, 2.75) is 53.1 Å². The maximum atomic E-state index is 12.5. The lowest BCUT2D eigenvalue weighted by Gasteiger charge is -2.11. The van der Waals surface area contributed by atoms with Crippen molar-refractivity contribution >= 4 is 28.2 Å². The van der Waals surface area contributed by atoms with E-state index in [1.807, 2.05) is 52.0 Å². The minimum atomic E-state index is -0.378. The number of amides is 1. The summed E-state index contributed by atoms with van der Waals surface area (Å²) in [5, 5.41) is 3.49.